The highest BCUT2D eigenvalue weighted by Crippen LogP contribution is 2.36. The van der Waals surface area contributed by atoms with Crippen molar-refractivity contribution in [3.63, 3.8) is 0 Å². The summed E-state index contributed by atoms with van der Waals surface area (Å²) in [7, 11) is 1.71. The summed E-state index contributed by atoms with van der Waals surface area (Å²) in [6.07, 6.45) is 1.27. The molecule has 1 aliphatic rings. The fraction of sp³-hybridized carbons (Fsp3) is 0.917. The van der Waals surface area contributed by atoms with E-state index in [2.05, 4.69) is 18.7 Å². The van der Waals surface area contributed by atoms with Crippen LogP contribution < -0.4 is 0 Å². The van der Waals surface area contributed by atoms with Crippen LogP contribution in [0.15, 0.2) is 0 Å². The number of ether oxygens (including phenoxy) is 1. The molecular weight excluding hydrogens is 206 g/mol. The van der Waals surface area contributed by atoms with E-state index in [1.807, 2.05) is 0 Å². The number of rotatable bonds is 5. The van der Waals surface area contributed by atoms with Crippen LogP contribution in [0, 0.1) is 11.3 Å². The predicted octanol–water partition coefficient (Wildman–Crippen LogP) is 1.46. The first-order valence-corrected chi connectivity index (χ1v) is 5.89. The first kappa shape index (κ1) is 13.5. The summed E-state index contributed by atoms with van der Waals surface area (Å²) in [4.78, 5) is 13.1. The van der Waals surface area contributed by atoms with Crippen LogP contribution in [0.2, 0.25) is 0 Å². The zero-order chi connectivity index (χ0) is 12.2. The lowest BCUT2D eigenvalue weighted by molar-refractivity contribution is -0.140. The minimum absolute atomic E-state index is 0.0877. The molecule has 4 nitrogen and oxygen atoms in total. The molecule has 0 aromatic heterocycles. The number of hydrogen-bond donors (Lipinski definition) is 1. The molecule has 1 atom stereocenters. The summed E-state index contributed by atoms with van der Waals surface area (Å²) in [5.74, 6) is -0.382. The third-order valence-electron chi connectivity index (χ3n) is 3.56. The third kappa shape index (κ3) is 3.76. The van der Waals surface area contributed by atoms with Gasteiger partial charge in [-0.2, -0.15) is 0 Å². The maximum absolute atomic E-state index is 10.8. The zero-order valence-electron chi connectivity index (χ0n) is 10.5. The summed E-state index contributed by atoms with van der Waals surface area (Å²) >= 11 is 0. The Balaban J connectivity index is 2.48. The van der Waals surface area contributed by atoms with Gasteiger partial charge in [0.05, 0.1) is 6.61 Å². The van der Waals surface area contributed by atoms with Crippen molar-refractivity contribution in [3.05, 3.63) is 0 Å². The molecule has 1 unspecified atom stereocenters. The molecule has 1 heterocycles. The molecule has 0 radical (unpaired) electrons. The minimum atomic E-state index is -0.677. The molecule has 1 saturated heterocycles. The van der Waals surface area contributed by atoms with Gasteiger partial charge in [0.25, 0.3) is 0 Å². The second kappa shape index (κ2) is 5.64. The van der Waals surface area contributed by atoms with E-state index in [9.17, 15) is 4.79 Å². The Bertz CT molecular complexity index is 240. The van der Waals surface area contributed by atoms with E-state index in [1.54, 1.807) is 7.11 Å². The number of aliphatic carboxylic acids is 1. The first-order chi connectivity index (χ1) is 7.45. The van der Waals surface area contributed by atoms with Gasteiger partial charge >= 0.3 is 5.97 Å². The lowest BCUT2D eigenvalue weighted by Gasteiger charge is -2.43. The molecule has 1 fully saturated rings. The molecule has 0 aromatic carbocycles. The van der Waals surface area contributed by atoms with Crippen LogP contribution in [0.5, 0.6) is 0 Å². The maximum atomic E-state index is 10.8. The SMILES string of the molecule is COCCN1CCC(CC(=O)O)C(C)(C)C1. The van der Waals surface area contributed by atoms with E-state index < -0.39 is 5.97 Å². The number of carbonyl (C=O) groups is 1. The summed E-state index contributed by atoms with van der Waals surface area (Å²) in [5, 5.41) is 8.87. The topological polar surface area (TPSA) is 49.8 Å². The minimum Gasteiger partial charge on any atom is -0.481 e. The van der Waals surface area contributed by atoms with Crippen LogP contribution in [0.25, 0.3) is 0 Å². The number of carboxylic acid groups (broad SMARTS) is 1. The van der Waals surface area contributed by atoms with E-state index in [1.165, 1.54) is 0 Å². The number of carboxylic acids is 1. The number of piperidine rings is 1. The van der Waals surface area contributed by atoms with Crippen LogP contribution >= 0.6 is 0 Å². The highest BCUT2D eigenvalue weighted by molar-refractivity contribution is 5.67. The van der Waals surface area contributed by atoms with Crippen molar-refractivity contribution in [1.29, 1.82) is 0 Å². The first-order valence-electron chi connectivity index (χ1n) is 5.89. The summed E-state index contributed by atoms with van der Waals surface area (Å²) in [6.45, 7) is 7.98. The van der Waals surface area contributed by atoms with E-state index >= 15 is 0 Å². The van der Waals surface area contributed by atoms with Gasteiger partial charge in [-0.25, -0.2) is 0 Å². The molecule has 1 rings (SSSR count). The molecule has 0 saturated carbocycles. The van der Waals surface area contributed by atoms with E-state index in [4.69, 9.17) is 9.84 Å². The van der Waals surface area contributed by atoms with Crippen LogP contribution in [0.4, 0.5) is 0 Å². The smallest absolute Gasteiger partial charge is 0.303 e. The van der Waals surface area contributed by atoms with Gasteiger partial charge in [0, 0.05) is 26.6 Å². The second-order valence-electron chi connectivity index (χ2n) is 5.34. The molecule has 0 aromatic rings. The van der Waals surface area contributed by atoms with Crippen LogP contribution in [-0.2, 0) is 9.53 Å². The fourth-order valence-electron chi connectivity index (χ4n) is 2.51. The zero-order valence-corrected chi connectivity index (χ0v) is 10.5. The van der Waals surface area contributed by atoms with Crippen LogP contribution in [0.3, 0.4) is 0 Å². The van der Waals surface area contributed by atoms with Crippen molar-refractivity contribution in [1.82, 2.24) is 4.90 Å². The highest BCUT2D eigenvalue weighted by Gasteiger charge is 2.36. The maximum Gasteiger partial charge on any atom is 0.303 e. The van der Waals surface area contributed by atoms with Gasteiger partial charge in [-0.15, -0.1) is 0 Å². The van der Waals surface area contributed by atoms with Gasteiger partial charge in [0.1, 0.15) is 0 Å². The van der Waals surface area contributed by atoms with Gasteiger partial charge in [0.15, 0.2) is 0 Å². The van der Waals surface area contributed by atoms with Gasteiger partial charge in [-0.05, 0) is 24.3 Å². The average molecular weight is 229 g/mol. The van der Waals surface area contributed by atoms with Crippen molar-refractivity contribution in [2.75, 3.05) is 33.4 Å². The van der Waals surface area contributed by atoms with Gasteiger partial charge < -0.3 is 14.7 Å². The monoisotopic (exact) mass is 229 g/mol. The normalized spacial score (nSPS) is 25.6. The van der Waals surface area contributed by atoms with Gasteiger partial charge in [0.2, 0.25) is 0 Å². The molecule has 94 valence electrons. The predicted molar refractivity (Wildman–Crippen MR) is 62.5 cm³/mol. The van der Waals surface area contributed by atoms with E-state index in [-0.39, 0.29) is 5.41 Å². The largest absolute Gasteiger partial charge is 0.481 e. The van der Waals surface area contributed by atoms with E-state index in [0.717, 1.165) is 32.7 Å². The highest BCUT2D eigenvalue weighted by atomic mass is 16.5. The molecule has 0 amide bonds. The van der Waals surface area contributed by atoms with Gasteiger partial charge in [-0.3, -0.25) is 4.79 Å². The Kier molecular flexibility index (Phi) is 4.74. The number of hydrogen-bond acceptors (Lipinski definition) is 3. The van der Waals surface area contributed by atoms with Crippen molar-refractivity contribution in [2.24, 2.45) is 11.3 Å². The standard InChI is InChI=1S/C12H23NO3/c1-12(2)9-13(6-7-16-3)5-4-10(12)8-11(14)15/h10H,4-9H2,1-3H3,(H,14,15). The lowest BCUT2D eigenvalue weighted by atomic mass is 9.72. The van der Waals surface area contributed by atoms with Crippen LogP contribution in [-0.4, -0.2) is 49.3 Å². The summed E-state index contributed by atoms with van der Waals surface area (Å²) in [5.41, 5.74) is 0.0877. The molecule has 0 aliphatic carbocycles. The number of methoxy groups -OCH3 is 1. The third-order valence-corrected chi connectivity index (χ3v) is 3.56. The molecule has 16 heavy (non-hydrogen) atoms. The Morgan fingerprint density at radius 3 is 2.75 bits per heavy atom. The van der Waals surface area contributed by atoms with Crippen LogP contribution in [0.1, 0.15) is 26.7 Å². The van der Waals surface area contributed by atoms with Gasteiger partial charge in [-0.1, -0.05) is 13.8 Å². The Hall–Kier alpha value is -0.610. The molecule has 0 spiro atoms. The van der Waals surface area contributed by atoms with Crippen molar-refractivity contribution in [2.45, 2.75) is 26.7 Å². The molecule has 0 bridgehead atoms. The fourth-order valence-corrected chi connectivity index (χ4v) is 2.51. The Morgan fingerprint density at radius 2 is 2.25 bits per heavy atom. The number of nitrogens with zero attached hydrogens (tertiary/aromatic N) is 1. The summed E-state index contributed by atoms with van der Waals surface area (Å²) < 4.78 is 5.07. The molecule has 1 aliphatic heterocycles. The van der Waals surface area contributed by atoms with E-state index in [0.29, 0.717) is 12.3 Å². The Morgan fingerprint density at radius 1 is 1.56 bits per heavy atom. The van der Waals surface area contributed by atoms with Crippen molar-refractivity contribution >= 4 is 5.97 Å². The molecular formula is C12H23NO3. The molecule has 4 heteroatoms. The van der Waals surface area contributed by atoms with Crippen molar-refractivity contribution < 1.29 is 14.6 Å². The summed E-state index contributed by atoms with van der Waals surface area (Å²) in [6, 6.07) is 0. The number of likely N-dealkylation sites (tertiary alicyclic amines) is 1. The van der Waals surface area contributed by atoms with Crippen molar-refractivity contribution in [3.8, 4) is 0 Å². The second-order valence-corrected chi connectivity index (χ2v) is 5.34. The Labute approximate surface area is 97.6 Å². The quantitative estimate of drug-likeness (QED) is 0.775. The molecule has 1 N–H and O–H groups in total. The average Bonchev–Trinajstić information content (AvgIpc) is 2.17. The lowest BCUT2D eigenvalue weighted by Crippen LogP contribution is -2.47.